The minimum atomic E-state index is -3.37. The Morgan fingerprint density at radius 3 is 2.50 bits per heavy atom. The predicted octanol–water partition coefficient (Wildman–Crippen LogP) is 5.38. The number of sulfone groups is 1. The van der Waals surface area contributed by atoms with Crippen molar-refractivity contribution in [1.82, 2.24) is 10.3 Å². The quantitative estimate of drug-likeness (QED) is 0.461. The minimum Gasteiger partial charge on any atom is -0.327 e. The van der Waals surface area contributed by atoms with Crippen LogP contribution in [0, 0.1) is 12.7 Å². The first-order chi connectivity index (χ1) is 13.8. The van der Waals surface area contributed by atoms with Crippen LogP contribution in [0.3, 0.4) is 0 Å². The van der Waals surface area contributed by atoms with Gasteiger partial charge in [-0.2, -0.15) is 0 Å². The molecule has 2 aromatic carbocycles. The number of hydrogen-bond acceptors (Lipinski definition) is 5. The molecule has 0 bridgehead atoms. The van der Waals surface area contributed by atoms with Gasteiger partial charge < -0.3 is 5.32 Å². The van der Waals surface area contributed by atoms with Crippen LogP contribution >= 0.6 is 46.1 Å². The van der Waals surface area contributed by atoms with Crippen molar-refractivity contribution in [1.29, 1.82) is 0 Å². The van der Waals surface area contributed by atoms with Crippen LogP contribution in [0.5, 0.6) is 0 Å². The van der Waals surface area contributed by atoms with Crippen LogP contribution in [-0.4, -0.2) is 29.5 Å². The molecule has 0 fully saturated rings. The molecule has 1 heterocycles. The van der Waals surface area contributed by atoms with E-state index in [2.05, 4.69) is 15.6 Å². The van der Waals surface area contributed by atoms with Gasteiger partial charge in [0.25, 0.3) is 0 Å². The SMILES string of the molecule is Cc1ccc(C(NC(=O)Nc2nc3ccc(S(C)(=O)=O)cc3s2)C(Cl)(Cl)Cl)cc1F. The average molecular weight is 511 g/mol. The van der Waals surface area contributed by atoms with Gasteiger partial charge in [-0.15, -0.1) is 0 Å². The number of rotatable bonds is 4. The van der Waals surface area contributed by atoms with E-state index in [1.165, 1.54) is 24.3 Å². The summed E-state index contributed by atoms with van der Waals surface area (Å²) in [5.41, 5.74) is 1.20. The normalized spacial score (nSPS) is 13.3. The maximum Gasteiger partial charge on any atom is 0.321 e. The molecule has 0 saturated carbocycles. The summed E-state index contributed by atoms with van der Waals surface area (Å²) >= 11 is 19.1. The van der Waals surface area contributed by atoms with Gasteiger partial charge in [-0.1, -0.05) is 58.3 Å². The predicted molar refractivity (Wildman–Crippen MR) is 119 cm³/mol. The van der Waals surface area contributed by atoms with Crippen molar-refractivity contribution in [2.75, 3.05) is 11.6 Å². The lowest BCUT2D eigenvalue weighted by atomic mass is 10.1. The van der Waals surface area contributed by atoms with E-state index in [4.69, 9.17) is 34.8 Å². The maximum absolute atomic E-state index is 13.9. The monoisotopic (exact) mass is 509 g/mol. The molecule has 1 atom stereocenters. The Morgan fingerprint density at radius 2 is 1.90 bits per heavy atom. The van der Waals surface area contributed by atoms with Crippen molar-refractivity contribution in [3.05, 3.63) is 53.3 Å². The van der Waals surface area contributed by atoms with Crippen molar-refractivity contribution < 1.29 is 17.6 Å². The molecule has 0 aliphatic carbocycles. The minimum absolute atomic E-state index is 0.146. The highest BCUT2D eigenvalue weighted by Gasteiger charge is 2.35. The smallest absolute Gasteiger partial charge is 0.321 e. The highest BCUT2D eigenvalue weighted by atomic mass is 35.6. The van der Waals surface area contributed by atoms with Gasteiger partial charge in [0.05, 0.1) is 15.1 Å². The van der Waals surface area contributed by atoms with Crippen LogP contribution in [0.15, 0.2) is 41.3 Å². The van der Waals surface area contributed by atoms with Crippen LogP contribution in [-0.2, 0) is 9.84 Å². The topological polar surface area (TPSA) is 88.2 Å². The summed E-state index contributed by atoms with van der Waals surface area (Å²) in [6, 6.07) is 6.85. The Morgan fingerprint density at radius 1 is 1.20 bits per heavy atom. The zero-order valence-electron chi connectivity index (χ0n) is 15.5. The number of hydrogen-bond donors (Lipinski definition) is 2. The third-order valence-corrected chi connectivity index (χ3v) is 6.84. The second-order valence-corrected chi connectivity index (χ2v) is 11.9. The van der Waals surface area contributed by atoms with Crippen molar-refractivity contribution in [2.45, 2.75) is 21.7 Å². The molecule has 0 aliphatic heterocycles. The first-order valence-electron chi connectivity index (χ1n) is 8.35. The lowest BCUT2D eigenvalue weighted by Gasteiger charge is -2.26. The number of amides is 2. The van der Waals surface area contributed by atoms with Gasteiger partial charge in [0, 0.05) is 6.26 Å². The fourth-order valence-corrected chi connectivity index (χ4v) is 4.76. The number of halogens is 4. The molecule has 2 amide bonds. The first kappa shape index (κ1) is 23.0. The van der Waals surface area contributed by atoms with Crippen LogP contribution in [0.4, 0.5) is 14.3 Å². The number of aromatic nitrogens is 1. The van der Waals surface area contributed by atoms with E-state index in [0.717, 1.165) is 17.6 Å². The number of anilines is 1. The van der Waals surface area contributed by atoms with Crippen LogP contribution in [0.2, 0.25) is 0 Å². The molecule has 160 valence electrons. The molecule has 0 saturated heterocycles. The van der Waals surface area contributed by atoms with Gasteiger partial charge in [0.2, 0.25) is 3.79 Å². The van der Waals surface area contributed by atoms with Gasteiger partial charge in [-0.25, -0.2) is 22.6 Å². The second kappa shape index (κ2) is 8.47. The summed E-state index contributed by atoms with van der Waals surface area (Å²) < 4.78 is 36.0. The molecule has 3 rings (SSSR count). The standard InChI is InChI=1S/C18H15Cl3FN3O3S2/c1-9-3-4-10(7-12(9)22)15(18(19,20)21)24-16(26)25-17-23-13-6-5-11(30(2,27)28)8-14(13)29-17/h3-8,15H,1-2H3,(H2,23,24,25,26). The first-order valence-corrected chi connectivity index (χ1v) is 12.2. The van der Waals surface area contributed by atoms with Gasteiger partial charge in [-0.05, 0) is 42.3 Å². The number of nitrogens with one attached hydrogen (secondary N) is 2. The zero-order valence-corrected chi connectivity index (χ0v) is 19.4. The van der Waals surface area contributed by atoms with E-state index in [9.17, 15) is 17.6 Å². The highest BCUT2D eigenvalue weighted by molar-refractivity contribution is 7.90. The number of urea groups is 1. The Balaban J connectivity index is 1.82. The molecule has 1 aromatic heterocycles. The number of thiazole rings is 1. The van der Waals surface area contributed by atoms with Crippen molar-refractivity contribution >= 4 is 77.4 Å². The van der Waals surface area contributed by atoms with Gasteiger partial charge in [-0.3, -0.25) is 5.32 Å². The number of aryl methyl sites for hydroxylation is 1. The Labute approximate surface area is 191 Å². The fourth-order valence-electron chi connectivity index (χ4n) is 2.60. The molecule has 2 N–H and O–H groups in total. The molecular weight excluding hydrogens is 496 g/mol. The molecule has 6 nitrogen and oxygen atoms in total. The molecule has 3 aromatic rings. The van der Waals surface area contributed by atoms with E-state index in [-0.39, 0.29) is 15.6 Å². The van der Waals surface area contributed by atoms with E-state index in [1.807, 2.05) is 0 Å². The number of fused-ring (bicyclic) bond motifs is 1. The molecule has 0 radical (unpaired) electrons. The summed E-state index contributed by atoms with van der Waals surface area (Å²) in [6.45, 7) is 1.59. The van der Waals surface area contributed by atoms with E-state index in [1.54, 1.807) is 19.1 Å². The fraction of sp³-hybridized carbons (Fsp3) is 0.222. The lowest BCUT2D eigenvalue weighted by molar-refractivity contribution is 0.248. The average Bonchev–Trinajstić information content (AvgIpc) is 3.01. The third kappa shape index (κ3) is 5.33. The Bertz CT molecular complexity index is 1230. The van der Waals surface area contributed by atoms with Crippen molar-refractivity contribution in [3.63, 3.8) is 0 Å². The highest BCUT2D eigenvalue weighted by Crippen LogP contribution is 2.40. The zero-order chi connectivity index (χ0) is 22.3. The molecule has 1 unspecified atom stereocenters. The third-order valence-electron chi connectivity index (χ3n) is 4.14. The Hall–Kier alpha value is -1.65. The molecule has 30 heavy (non-hydrogen) atoms. The molecular formula is C18H15Cl3FN3O3S2. The van der Waals surface area contributed by atoms with Crippen LogP contribution in [0.25, 0.3) is 10.2 Å². The summed E-state index contributed by atoms with van der Waals surface area (Å²) in [6.07, 6.45) is 1.10. The maximum atomic E-state index is 13.9. The summed E-state index contributed by atoms with van der Waals surface area (Å²) in [5.74, 6) is -0.498. The number of carbonyl (C=O) groups is 1. The van der Waals surface area contributed by atoms with Gasteiger partial charge in [0.1, 0.15) is 11.9 Å². The largest absolute Gasteiger partial charge is 0.327 e. The van der Waals surface area contributed by atoms with Gasteiger partial charge >= 0.3 is 6.03 Å². The van der Waals surface area contributed by atoms with Crippen molar-refractivity contribution in [2.24, 2.45) is 0 Å². The Kier molecular flexibility index (Phi) is 6.50. The number of nitrogens with zero attached hydrogens (tertiary/aromatic N) is 1. The molecule has 0 aliphatic rings. The second-order valence-electron chi connectivity index (χ2n) is 6.50. The molecule has 12 heteroatoms. The number of alkyl halides is 3. The van der Waals surface area contributed by atoms with E-state index < -0.39 is 31.5 Å². The summed E-state index contributed by atoms with van der Waals surface area (Å²) in [5, 5.41) is 5.25. The van der Waals surface area contributed by atoms with E-state index in [0.29, 0.717) is 15.8 Å². The van der Waals surface area contributed by atoms with Crippen molar-refractivity contribution in [3.8, 4) is 0 Å². The molecule has 0 spiro atoms. The van der Waals surface area contributed by atoms with Crippen LogP contribution in [0.1, 0.15) is 17.2 Å². The number of carbonyl (C=O) groups excluding carboxylic acids is 1. The van der Waals surface area contributed by atoms with Gasteiger partial charge in [0.15, 0.2) is 15.0 Å². The number of benzene rings is 2. The summed E-state index contributed by atoms with van der Waals surface area (Å²) in [4.78, 5) is 16.9. The van der Waals surface area contributed by atoms with E-state index >= 15 is 0 Å². The lowest BCUT2D eigenvalue weighted by Crippen LogP contribution is -2.39. The summed E-state index contributed by atoms with van der Waals surface area (Å²) in [7, 11) is -3.37. The van der Waals surface area contributed by atoms with Crippen LogP contribution < -0.4 is 10.6 Å².